The number of hydrogen-bond acceptors (Lipinski definition) is 4. The summed E-state index contributed by atoms with van der Waals surface area (Å²) in [5.74, 6) is 1.37. The van der Waals surface area contributed by atoms with Gasteiger partial charge in [-0.25, -0.2) is 4.79 Å². The van der Waals surface area contributed by atoms with Crippen molar-refractivity contribution in [3.05, 3.63) is 23.8 Å². The van der Waals surface area contributed by atoms with Crippen LogP contribution < -0.4 is 14.8 Å². The van der Waals surface area contributed by atoms with Gasteiger partial charge < -0.3 is 19.5 Å². The van der Waals surface area contributed by atoms with Crippen LogP contribution in [0.25, 0.3) is 0 Å². The van der Waals surface area contributed by atoms with Crippen LogP contribution in [0, 0.1) is 0 Å². The van der Waals surface area contributed by atoms with Gasteiger partial charge in [0.25, 0.3) is 0 Å². The quantitative estimate of drug-likeness (QED) is 0.872. The van der Waals surface area contributed by atoms with Crippen molar-refractivity contribution in [1.82, 2.24) is 5.32 Å². The number of benzene rings is 1. The minimum absolute atomic E-state index is 0.374. The first-order valence-corrected chi connectivity index (χ1v) is 7.12. The van der Waals surface area contributed by atoms with Crippen LogP contribution in [0.4, 0.5) is 4.79 Å². The molecule has 0 aliphatic heterocycles. The van der Waals surface area contributed by atoms with Crippen molar-refractivity contribution in [3.63, 3.8) is 0 Å². The van der Waals surface area contributed by atoms with Crippen LogP contribution >= 0.6 is 0 Å². The van der Waals surface area contributed by atoms with Crippen LogP contribution in [0.15, 0.2) is 18.2 Å². The predicted octanol–water partition coefficient (Wildman–Crippen LogP) is 3.51. The number of alkyl carbamates (subject to hydrolysis) is 1. The third-order valence-corrected chi connectivity index (χ3v) is 2.53. The molecule has 0 saturated heterocycles. The van der Waals surface area contributed by atoms with Gasteiger partial charge in [0.1, 0.15) is 5.60 Å². The molecule has 0 aromatic heterocycles. The van der Waals surface area contributed by atoms with Crippen molar-refractivity contribution in [2.45, 2.75) is 46.3 Å². The number of rotatable bonds is 6. The molecule has 0 heterocycles. The molecule has 0 unspecified atom stereocenters. The molecule has 1 amide bonds. The highest BCUT2D eigenvalue weighted by atomic mass is 16.6. The van der Waals surface area contributed by atoms with Gasteiger partial charge in [-0.1, -0.05) is 13.0 Å². The van der Waals surface area contributed by atoms with E-state index in [1.807, 2.05) is 45.9 Å². The summed E-state index contributed by atoms with van der Waals surface area (Å²) in [4.78, 5) is 11.6. The van der Waals surface area contributed by atoms with Crippen molar-refractivity contribution in [1.29, 1.82) is 0 Å². The Balaban J connectivity index is 2.62. The van der Waals surface area contributed by atoms with Crippen LogP contribution in [-0.4, -0.2) is 25.4 Å². The second-order valence-electron chi connectivity index (χ2n) is 5.69. The molecule has 5 nitrogen and oxygen atoms in total. The van der Waals surface area contributed by atoms with Crippen LogP contribution in [0.1, 0.15) is 39.7 Å². The van der Waals surface area contributed by atoms with Gasteiger partial charge in [-0.15, -0.1) is 0 Å². The summed E-state index contributed by atoms with van der Waals surface area (Å²) in [6.45, 7) is 8.55. The van der Waals surface area contributed by atoms with Gasteiger partial charge in [0, 0.05) is 6.54 Å². The minimum Gasteiger partial charge on any atom is -0.493 e. The summed E-state index contributed by atoms with van der Waals surface area (Å²) in [6.07, 6.45) is 0.498. The van der Waals surface area contributed by atoms with Crippen molar-refractivity contribution in [3.8, 4) is 11.5 Å². The molecule has 0 fully saturated rings. The topological polar surface area (TPSA) is 56.8 Å². The van der Waals surface area contributed by atoms with E-state index in [9.17, 15) is 4.79 Å². The van der Waals surface area contributed by atoms with Crippen LogP contribution in [-0.2, 0) is 11.3 Å². The van der Waals surface area contributed by atoms with Crippen molar-refractivity contribution < 1.29 is 19.0 Å². The highest BCUT2D eigenvalue weighted by Crippen LogP contribution is 2.28. The maximum atomic E-state index is 11.6. The van der Waals surface area contributed by atoms with Crippen molar-refractivity contribution >= 4 is 6.09 Å². The number of nitrogens with one attached hydrogen (secondary N) is 1. The van der Waals surface area contributed by atoms with Crippen LogP contribution in [0.2, 0.25) is 0 Å². The van der Waals surface area contributed by atoms with Crippen LogP contribution in [0.5, 0.6) is 11.5 Å². The fourth-order valence-corrected chi connectivity index (χ4v) is 1.64. The second kappa shape index (κ2) is 7.76. The van der Waals surface area contributed by atoms with E-state index in [1.165, 1.54) is 0 Å². The lowest BCUT2D eigenvalue weighted by Gasteiger charge is -2.19. The van der Waals surface area contributed by atoms with Gasteiger partial charge in [0.05, 0.1) is 13.7 Å². The maximum absolute atomic E-state index is 11.6. The molecular weight excluding hydrogens is 270 g/mol. The number of ether oxygens (including phenoxy) is 3. The molecule has 0 radical (unpaired) electrons. The zero-order valence-corrected chi connectivity index (χ0v) is 13.5. The van der Waals surface area contributed by atoms with Crippen molar-refractivity contribution in [2.75, 3.05) is 13.7 Å². The molecule has 118 valence electrons. The summed E-state index contributed by atoms with van der Waals surface area (Å²) >= 11 is 0. The second-order valence-corrected chi connectivity index (χ2v) is 5.69. The Morgan fingerprint density at radius 3 is 2.52 bits per heavy atom. The van der Waals surface area contributed by atoms with E-state index in [-0.39, 0.29) is 0 Å². The van der Waals surface area contributed by atoms with Gasteiger partial charge in [-0.2, -0.15) is 0 Å². The third-order valence-electron chi connectivity index (χ3n) is 2.53. The maximum Gasteiger partial charge on any atom is 0.407 e. The molecule has 0 spiro atoms. The van der Waals surface area contributed by atoms with E-state index in [0.717, 1.165) is 12.0 Å². The molecule has 1 N–H and O–H groups in total. The first-order chi connectivity index (χ1) is 9.85. The Morgan fingerprint density at radius 2 is 1.95 bits per heavy atom. The number of hydrogen-bond donors (Lipinski definition) is 1. The fourth-order valence-electron chi connectivity index (χ4n) is 1.64. The van der Waals surface area contributed by atoms with E-state index in [2.05, 4.69) is 5.32 Å². The summed E-state index contributed by atoms with van der Waals surface area (Å²) in [6, 6.07) is 5.59. The van der Waals surface area contributed by atoms with E-state index >= 15 is 0 Å². The molecular formula is C16H25NO4. The van der Waals surface area contributed by atoms with Crippen molar-refractivity contribution in [2.24, 2.45) is 0 Å². The Bertz CT molecular complexity index is 466. The molecule has 1 aromatic rings. The monoisotopic (exact) mass is 295 g/mol. The van der Waals surface area contributed by atoms with E-state index in [4.69, 9.17) is 14.2 Å². The Morgan fingerprint density at radius 1 is 1.24 bits per heavy atom. The highest BCUT2D eigenvalue weighted by Gasteiger charge is 2.16. The van der Waals surface area contributed by atoms with Gasteiger partial charge in [0.15, 0.2) is 11.5 Å². The zero-order valence-electron chi connectivity index (χ0n) is 13.5. The smallest absolute Gasteiger partial charge is 0.407 e. The SMILES string of the molecule is CCCOc1ccc(CNC(=O)OC(C)(C)C)cc1OC. The zero-order chi connectivity index (χ0) is 15.9. The van der Waals surface area contributed by atoms with Gasteiger partial charge in [0.2, 0.25) is 0 Å². The fraction of sp³-hybridized carbons (Fsp3) is 0.562. The minimum atomic E-state index is -0.500. The molecule has 1 aromatic carbocycles. The highest BCUT2D eigenvalue weighted by molar-refractivity contribution is 5.67. The summed E-state index contributed by atoms with van der Waals surface area (Å²) in [7, 11) is 1.60. The third kappa shape index (κ3) is 6.38. The van der Waals surface area contributed by atoms with Gasteiger partial charge >= 0.3 is 6.09 Å². The predicted molar refractivity (Wildman–Crippen MR) is 81.9 cm³/mol. The lowest BCUT2D eigenvalue weighted by atomic mass is 10.2. The van der Waals surface area contributed by atoms with Crippen LogP contribution in [0.3, 0.4) is 0 Å². The molecule has 5 heteroatoms. The lowest BCUT2D eigenvalue weighted by molar-refractivity contribution is 0.0523. The summed E-state index contributed by atoms with van der Waals surface area (Å²) < 4.78 is 16.1. The number of carbonyl (C=O) groups excluding carboxylic acids is 1. The number of methoxy groups -OCH3 is 1. The number of amides is 1. The molecule has 0 aliphatic carbocycles. The molecule has 0 atom stereocenters. The number of carbonyl (C=O) groups is 1. The average Bonchev–Trinajstić information content (AvgIpc) is 2.41. The lowest BCUT2D eigenvalue weighted by Crippen LogP contribution is -2.32. The molecule has 0 bridgehead atoms. The van der Waals surface area contributed by atoms with Gasteiger partial charge in [-0.05, 0) is 44.9 Å². The first kappa shape index (κ1) is 17.1. The standard InChI is InChI=1S/C16H25NO4/c1-6-9-20-13-8-7-12(10-14(13)19-5)11-17-15(18)21-16(2,3)4/h7-8,10H,6,9,11H2,1-5H3,(H,17,18). The molecule has 0 saturated carbocycles. The Hall–Kier alpha value is -1.91. The Kier molecular flexibility index (Phi) is 6.34. The van der Waals surface area contributed by atoms with Gasteiger partial charge in [-0.3, -0.25) is 0 Å². The molecule has 21 heavy (non-hydrogen) atoms. The van der Waals surface area contributed by atoms with E-state index in [1.54, 1.807) is 7.11 Å². The Labute approximate surface area is 126 Å². The summed E-state index contributed by atoms with van der Waals surface area (Å²) in [5.41, 5.74) is 0.418. The molecule has 1 rings (SSSR count). The largest absolute Gasteiger partial charge is 0.493 e. The molecule has 0 aliphatic rings. The first-order valence-electron chi connectivity index (χ1n) is 7.12. The average molecular weight is 295 g/mol. The summed E-state index contributed by atoms with van der Waals surface area (Å²) in [5, 5.41) is 2.71. The normalized spacial score (nSPS) is 10.9. The van der Waals surface area contributed by atoms with E-state index < -0.39 is 11.7 Å². The van der Waals surface area contributed by atoms with E-state index in [0.29, 0.717) is 24.7 Å².